The Labute approximate surface area is 139 Å². The van der Waals surface area contributed by atoms with Gasteiger partial charge in [0.15, 0.2) is 6.10 Å². The maximum atomic E-state index is 12.5. The lowest BCUT2D eigenvalue weighted by Crippen LogP contribution is -2.45. The van der Waals surface area contributed by atoms with E-state index in [4.69, 9.17) is 0 Å². The van der Waals surface area contributed by atoms with Gasteiger partial charge < -0.3 is 10.0 Å². The lowest BCUT2D eigenvalue weighted by atomic mass is 9.90. The van der Waals surface area contributed by atoms with E-state index < -0.39 is 18.2 Å². The summed E-state index contributed by atoms with van der Waals surface area (Å²) >= 11 is 0. The smallest absolute Gasteiger partial charge is 0.383 e. The van der Waals surface area contributed by atoms with E-state index in [9.17, 15) is 23.1 Å². The van der Waals surface area contributed by atoms with Gasteiger partial charge in [-0.05, 0) is 44.2 Å². The number of nitrogens with zero attached hydrogens (tertiary/aromatic N) is 1. The summed E-state index contributed by atoms with van der Waals surface area (Å²) in [5.74, 6) is -1.01. The van der Waals surface area contributed by atoms with Crippen molar-refractivity contribution in [3.05, 3.63) is 41.0 Å². The lowest BCUT2D eigenvalue weighted by Gasteiger charge is -2.34. The van der Waals surface area contributed by atoms with E-state index in [2.05, 4.69) is 0 Å². The van der Waals surface area contributed by atoms with Crippen LogP contribution in [0.15, 0.2) is 29.8 Å². The number of carbonyl (C=O) groups excluding carboxylic acids is 1. The van der Waals surface area contributed by atoms with E-state index >= 15 is 0 Å². The van der Waals surface area contributed by atoms with Crippen molar-refractivity contribution >= 4 is 12.0 Å². The van der Waals surface area contributed by atoms with Gasteiger partial charge in [-0.3, -0.25) is 4.79 Å². The van der Waals surface area contributed by atoms with Gasteiger partial charge in [0.05, 0.1) is 0 Å². The quantitative estimate of drug-likeness (QED) is 0.854. The Hall–Kier alpha value is -1.82. The highest BCUT2D eigenvalue weighted by molar-refractivity contribution is 5.97. The second-order valence-corrected chi connectivity index (χ2v) is 6.35. The molecule has 2 rings (SSSR count). The summed E-state index contributed by atoms with van der Waals surface area (Å²) in [7, 11) is 0. The fourth-order valence-corrected chi connectivity index (χ4v) is 2.91. The van der Waals surface area contributed by atoms with Crippen LogP contribution in [0.5, 0.6) is 0 Å². The lowest BCUT2D eigenvalue weighted by molar-refractivity contribution is -0.222. The molecule has 1 atom stereocenters. The van der Waals surface area contributed by atoms with Gasteiger partial charge in [-0.2, -0.15) is 13.2 Å². The number of amides is 1. The summed E-state index contributed by atoms with van der Waals surface area (Å²) in [5.41, 5.74) is 2.59. The zero-order chi connectivity index (χ0) is 17.9. The predicted molar refractivity (Wildman–Crippen MR) is 86.2 cm³/mol. The van der Waals surface area contributed by atoms with E-state index in [1.807, 2.05) is 31.2 Å². The van der Waals surface area contributed by atoms with Crippen LogP contribution in [0.4, 0.5) is 13.2 Å². The van der Waals surface area contributed by atoms with E-state index in [0.29, 0.717) is 5.57 Å². The fraction of sp³-hybridized carbons (Fsp3) is 0.500. The van der Waals surface area contributed by atoms with Gasteiger partial charge in [-0.15, -0.1) is 0 Å². The number of aryl methyl sites for hydroxylation is 1. The first-order valence-corrected chi connectivity index (χ1v) is 7.97. The number of aliphatic hydroxyl groups is 1. The number of carbonyl (C=O) groups is 1. The summed E-state index contributed by atoms with van der Waals surface area (Å²) in [6.07, 6.45) is -4.82. The number of alkyl halides is 3. The summed E-state index contributed by atoms with van der Waals surface area (Å²) in [4.78, 5) is 14.0. The molecule has 1 aliphatic heterocycles. The minimum atomic E-state index is -4.60. The molecule has 0 bridgehead atoms. The minimum absolute atomic E-state index is 0.157. The third-order valence-corrected chi connectivity index (χ3v) is 4.41. The largest absolute Gasteiger partial charge is 0.414 e. The number of rotatable bonds is 3. The Balaban J connectivity index is 1.96. The van der Waals surface area contributed by atoms with Crippen LogP contribution in [0.25, 0.3) is 6.08 Å². The van der Waals surface area contributed by atoms with Crippen molar-refractivity contribution in [3.8, 4) is 0 Å². The first-order valence-electron chi connectivity index (χ1n) is 7.97. The van der Waals surface area contributed by atoms with Crippen LogP contribution in [-0.4, -0.2) is 41.3 Å². The maximum absolute atomic E-state index is 12.5. The molecule has 132 valence electrons. The molecule has 1 N–H and O–H groups in total. The molecular formula is C18H22F3NO2. The molecule has 1 aliphatic rings. The van der Waals surface area contributed by atoms with Crippen LogP contribution in [0.3, 0.4) is 0 Å². The maximum Gasteiger partial charge on any atom is 0.414 e. The van der Waals surface area contributed by atoms with E-state index in [1.165, 1.54) is 0 Å². The summed E-state index contributed by atoms with van der Waals surface area (Å²) in [5, 5.41) is 9.32. The molecule has 1 aromatic carbocycles. The van der Waals surface area contributed by atoms with Crippen LogP contribution in [-0.2, 0) is 4.79 Å². The van der Waals surface area contributed by atoms with Gasteiger partial charge in [0.2, 0.25) is 5.91 Å². The normalized spacial score (nSPS) is 18.6. The van der Waals surface area contributed by atoms with Crippen molar-refractivity contribution in [2.24, 2.45) is 5.92 Å². The molecular weight excluding hydrogens is 319 g/mol. The predicted octanol–water partition coefficient (Wildman–Crippen LogP) is 3.56. The van der Waals surface area contributed by atoms with E-state index in [0.717, 1.165) is 11.1 Å². The number of hydrogen-bond donors (Lipinski definition) is 1. The van der Waals surface area contributed by atoms with Gasteiger partial charge in [0, 0.05) is 18.7 Å². The summed E-state index contributed by atoms with van der Waals surface area (Å²) in [6, 6.07) is 7.73. The topological polar surface area (TPSA) is 40.5 Å². The second-order valence-electron chi connectivity index (χ2n) is 6.35. The number of halogens is 3. The van der Waals surface area contributed by atoms with Gasteiger partial charge in [0.1, 0.15) is 0 Å². The number of likely N-dealkylation sites (tertiary alicyclic amines) is 1. The number of hydrogen-bond acceptors (Lipinski definition) is 2. The van der Waals surface area contributed by atoms with Crippen LogP contribution in [0, 0.1) is 12.8 Å². The van der Waals surface area contributed by atoms with Crippen LogP contribution >= 0.6 is 0 Å². The van der Waals surface area contributed by atoms with Crippen molar-refractivity contribution < 1.29 is 23.1 Å². The van der Waals surface area contributed by atoms with Crippen LogP contribution in [0.1, 0.15) is 30.9 Å². The molecule has 0 aliphatic carbocycles. The van der Waals surface area contributed by atoms with Crippen molar-refractivity contribution in [1.29, 1.82) is 0 Å². The molecule has 1 unspecified atom stereocenters. The standard InChI is InChI=1S/C18H22F3NO2/c1-12-3-5-14(6-4-12)11-13(2)17(24)22-9-7-15(8-10-22)16(23)18(19,20)21/h3-6,11,15-16,23H,7-10H2,1-2H3/b13-11-. The molecule has 1 amide bonds. The molecule has 0 radical (unpaired) electrons. The zero-order valence-corrected chi connectivity index (χ0v) is 13.8. The molecule has 0 saturated carbocycles. The van der Waals surface area contributed by atoms with Gasteiger partial charge >= 0.3 is 6.18 Å². The molecule has 24 heavy (non-hydrogen) atoms. The number of benzene rings is 1. The van der Waals surface area contributed by atoms with Crippen molar-refractivity contribution in [2.45, 2.75) is 39.0 Å². The molecule has 1 heterocycles. The van der Waals surface area contributed by atoms with Crippen molar-refractivity contribution in [1.82, 2.24) is 4.90 Å². The first-order chi connectivity index (χ1) is 11.2. The molecule has 6 heteroatoms. The van der Waals surface area contributed by atoms with Gasteiger partial charge in [-0.1, -0.05) is 29.8 Å². The molecule has 1 saturated heterocycles. The summed E-state index contributed by atoms with van der Waals surface area (Å²) in [6.45, 7) is 4.15. The highest BCUT2D eigenvalue weighted by Crippen LogP contribution is 2.31. The average molecular weight is 341 g/mol. The highest BCUT2D eigenvalue weighted by Gasteiger charge is 2.44. The monoisotopic (exact) mass is 341 g/mol. The Morgan fingerprint density at radius 2 is 1.79 bits per heavy atom. The zero-order valence-electron chi connectivity index (χ0n) is 13.8. The first kappa shape index (κ1) is 18.5. The fourth-order valence-electron chi connectivity index (χ4n) is 2.91. The summed E-state index contributed by atoms with van der Waals surface area (Å²) < 4.78 is 37.6. The van der Waals surface area contributed by atoms with Gasteiger partial charge in [-0.25, -0.2) is 0 Å². The Morgan fingerprint density at radius 1 is 1.25 bits per heavy atom. The van der Waals surface area contributed by atoms with Crippen molar-refractivity contribution in [3.63, 3.8) is 0 Å². The average Bonchev–Trinajstić information content (AvgIpc) is 2.55. The Bertz CT molecular complexity index is 600. The third-order valence-electron chi connectivity index (χ3n) is 4.41. The van der Waals surface area contributed by atoms with Gasteiger partial charge in [0.25, 0.3) is 0 Å². The molecule has 0 aromatic heterocycles. The molecule has 3 nitrogen and oxygen atoms in total. The minimum Gasteiger partial charge on any atom is -0.383 e. The van der Waals surface area contributed by atoms with Crippen molar-refractivity contribution in [2.75, 3.05) is 13.1 Å². The molecule has 1 aromatic rings. The van der Waals surface area contributed by atoms with Crippen LogP contribution in [0.2, 0.25) is 0 Å². The second kappa shape index (κ2) is 7.38. The van der Waals surface area contributed by atoms with E-state index in [-0.39, 0.29) is 31.8 Å². The Morgan fingerprint density at radius 3 is 2.29 bits per heavy atom. The Kier molecular flexibility index (Phi) is 5.70. The SMILES string of the molecule is C/C(=C/c1ccc(C)cc1)C(=O)N1CCC(C(O)C(F)(F)F)CC1. The molecule has 1 fully saturated rings. The number of aliphatic hydroxyl groups excluding tert-OH is 1. The molecule has 0 spiro atoms. The third kappa shape index (κ3) is 4.60. The number of piperidine rings is 1. The highest BCUT2D eigenvalue weighted by atomic mass is 19.4. The van der Waals surface area contributed by atoms with Crippen LogP contribution < -0.4 is 0 Å². The van der Waals surface area contributed by atoms with E-state index in [1.54, 1.807) is 17.9 Å².